The van der Waals surface area contributed by atoms with Crippen LogP contribution in [-0.4, -0.2) is 36.6 Å². The van der Waals surface area contributed by atoms with E-state index in [4.69, 9.17) is 23.6 Å². The Hall–Kier alpha value is -2.20. The average Bonchev–Trinajstić information content (AvgIpc) is 3.21. The summed E-state index contributed by atoms with van der Waals surface area (Å²) in [6, 6.07) is 4.95. The Bertz CT molecular complexity index is 1020. The number of carbonyl (C=O) groups excluding carboxylic acids is 2. The molecule has 36 heavy (non-hydrogen) atoms. The smallest absolute Gasteiger partial charge is 0.345 e. The Kier molecular flexibility index (Phi) is 11.4. The van der Waals surface area contributed by atoms with E-state index in [9.17, 15) is 14.4 Å². The van der Waals surface area contributed by atoms with Gasteiger partial charge in [-0.05, 0) is 65.1 Å². The molecule has 0 atom stereocenters. The van der Waals surface area contributed by atoms with E-state index < -0.39 is 61.9 Å². The van der Waals surface area contributed by atoms with E-state index >= 15 is 8.78 Å². The Morgan fingerprint density at radius 1 is 0.889 bits per heavy atom. The van der Waals surface area contributed by atoms with Crippen LogP contribution in [0.15, 0.2) is 24.3 Å². The molecule has 0 saturated heterocycles. The zero-order valence-corrected chi connectivity index (χ0v) is 23.4. The molecule has 1 heterocycles. The summed E-state index contributed by atoms with van der Waals surface area (Å²) in [7, 11) is -3.07. The number of esters is 2. The molecule has 2 aromatic rings. The zero-order valence-electron chi connectivity index (χ0n) is 21.6. The van der Waals surface area contributed by atoms with Crippen LogP contribution in [0.25, 0.3) is 10.1 Å². The van der Waals surface area contributed by atoms with Crippen molar-refractivity contribution in [2.45, 2.75) is 61.1 Å². The maximum absolute atomic E-state index is 15.4. The fourth-order valence-electron chi connectivity index (χ4n) is 2.33. The molecular formula is C24H33F2O8PS. The second-order valence-corrected chi connectivity index (χ2v) is 12.0. The van der Waals surface area contributed by atoms with Crippen molar-refractivity contribution in [2.75, 3.05) is 13.6 Å². The number of carboxylic acids is 1. The summed E-state index contributed by atoms with van der Waals surface area (Å²) >= 11 is 0.955. The summed E-state index contributed by atoms with van der Waals surface area (Å²) in [4.78, 5) is 35.1. The van der Waals surface area contributed by atoms with Crippen molar-refractivity contribution in [3.63, 3.8) is 0 Å². The predicted octanol–water partition coefficient (Wildman–Crippen LogP) is 7.11. The summed E-state index contributed by atoms with van der Waals surface area (Å²) in [5.74, 6) is -2.48. The van der Waals surface area contributed by atoms with Crippen molar-refractivity contribution in [1.82, 2.24) is 0 Å². The fraction of sp³-hybridized carbons (Fsp3) is 0.542. The molecule has 8 nitrogen and oxygen atoms in total. The molecule has 0 saturated carbocycles. The van der Waals surface area contributed by atoms with Crippen molar-refractivity contribution >= 4 is 47.7 Å². The first-order valence-electron chi connectivity index (χ1n) is 11.1. The molecule has 0 radical (unpaired) electrons. The van der Waals surface area contributed by atoms with E-state index in [0.29, 0.717) is 10.1 Å². The highest BCUT2D eigenvalue weighted by atomic mass is 32.1. The summed E-state index contributed by atoms with van der Waals surface area (Å²) in [5.41, 5.74) is -5.95. The number of aromatic carboxylic acids is 1. The molecule has 0 amide bonds. The molecule has 0 unspecified atom stereocenters. The van der Waals surface area contributed by atoms with Crippen LogP contribution in [0.4, 0.5) is 8.78 Å². The standard InChI is InChI=1S/C22H27F2O8PS.C2H6/c1-20(2,3)18(27)29-11-31-33(32-12-30-19(28)21(4,5)6)22(23,24)14-7-8-15-13(9-14)10-16(34-15)17(25)26;1-2/h7-10H,11-12H2,1-6H3,(H,25,26);1-2H3. The van der Waals surface area contributed by atoms with Gasteiger partial charge in [-0.25, -0.2) is 4.79 Å². The molecule has 0 aliphatic heterocycles. The third-order valence-corrected chi connectivity index (χ3v) is 6.75. The number of ether oxygens (including phenoxy) is 2. The summed E-state index contributed by atoms with van der Waals surface area (Å²) in [6.45, 7) is 12.0. The van der Waals surface area contributed by atoms with Crippen molar-refractivity contribution in [3.8, 4) is 0 Å². The highest BCUT2D eigenvalue weighted by Crippen LogP contribution is 2.60. The lowest BCUT2D eigenvalue weighted by molar-refractivity contribution is -0.162. The largest absolute Gasteiger partial charge is 0.477 e. The first kappa shape index (κ1) is 31.8. The molecule has 0 aliphatic rings. The van der Waals surface area contributed by atoms with Crippen LogP contribution in [0, 0.1) is 10.8 Å². The van der Waals surface area contributed by atoms with Crippen LogP contribution in [0.1, 0.15) is 70.6 Å². The average molecular weight is 551 g/mol. The lowest BCUT2D eigenvalue weighted by Gasteiger charge is -2.27. The molecule has 2 rings (SSSR count). The van der Waals surface area contributed by atoms with E-state index in [1.807, 2.05) is 13.8 Å². The van der Waals surface area contributed by atoms with Crippen molar-refractivity contribution in [1.29, 1.82) is 0 Å². The molecule has 1 N–H and O–H groups in total. The molecule has 0 aliphatic carbocycles. The van der Waals surface area contributed by atoms with Crippen LogP contribution >= 0.6 is 19.7 Å². The number of hydrogen-bond donors (Lipinski definition) is 1. The molecule has 0 fully saturated rings. The van der Waals surface area contributed by atoms with Gasteiger partial charge in [0, 0.05) is 10.3 Å². The minimum atomic E-state index is -3.71. The van der Waals surface area contributed by atoms with Gasteiger partial charge < -0.3 is 14.6 Å². The number of carbonyl (C=O) groups is 3. The van der Waals surface area contributed by atoms with Crippen molar-refractivity contribution < 1.29 is 46.8 Å². The quantitative estimate of drug-likeness (QED) is 0.200. The molecule has 1 aromatic heterocycles. The molecule has 12 heteroatoms. The van der Waals surface area contributed by atoms with Gasteiger partial charge in [-0.3, -0.25) is 18.6 Å². The van der Waals surface area contributed by atoms with Gasteiger partial charge in [0.05, 0.1) is 10.8 Å². The first-order valence-corrected chi connectivity index (χ1v) is 13.1. The Morgan fingerprint density at radius 3 is 1.78 bits per heavy atom. The van der Waals surface area contributed by atoms with Crippen LogP contribution in [0.2, 0.25) is 0 Å². The fourth-order valence-corrected chi connectivity index (χ4v) is 4.26. The molecular weight excluding hydrogens is 517 g/mol. The van der Waals surface area contributed by atoms with Crippen LogP contribution in [-0.2, 0) is 33.8 Å². The van der Waals surface area contributed by atoms with E-state index in [2.05, 4.69) is 0 Å². The topological polar surface area (TPSA) is 108 Å². The lowest BCUT2D eigenvalue weighted by Crippen LogP contribution is -2.25. The highest BCUT2D eigenvalue weighted by Gasteiger charge is 2.46. The number of fused-ring (bicyclic) bond motifs is 1. The summed E-state index contributed by atoms with van der Waals surface area (Å²) < 4.78 is 51.4. The van der Waals surface area contributed by atoms with E-state index in [-0.39, 0.29) is 4.88 Å². The number of thiophene rings is 1. The van der Waals surface area contributed by atoms with Gasteiger partial charge in [0.1, 0.15) is 4.88 Å². The van der Waals surface area contributed by atoms with Crippen LogP contribution < -0.4 is 0 Å². The van der Waals surface area contributed by atoms with Crippen LogP contribution in [0.3, 0.4) is 0 Å². The first-order chi connectivity index (χ1) is 16.5. The SMILES string of the molecule is CC.CC(C)(C)C(=O)OCOP(OCOC(=O)C(C)(C)C)C(F)(F)c1ccc2sc(C(=O)O)cc2c1. The summed E-state index contributed by atoms with van der Waals surface area (Å²) in [5, 5.41) is 9.46. The second kappa shape index (κ2) is 12.9. The molecule has 1 aromatic carbocycles. The third-order valence-electron chi connectivity index (χ3n) is 4.25. The van der Waals surface area contributed by atoms with Gasteiger partial charge in [0.25, 0.3) is 8.38 Å². The van der Waals surface area contributed by atoms with Gasteiger partial charge in [-0.1, -0.05) is 19.9 Å². The van der Waals surface area contributed by atoms with Crippen LogP contribution in [0.5, 0.6) is 0 Å². The number of carboxylic acid groups (broad SMARTS) is 1. The predicted molar refractivity (Wildman–Crippen MR) is 134 cm³/mol. The van der Waals surface area contributed by atoms with Gasteiger partial charge in [-0.15, -0.1) is 11.3 Å². The maximum Gasteiger partial charge on any atom is 0.345 e. The lowest BCUT2D eigenvalue weighted by atomic mass is 9.98. The number of halogens is 2. The molecule has 202 valence electrons. The zero-order chi connectivity index (χ0) is 27.9. The molecule has 0 bridgehead atoms. The number of rotatable bonds is 9. The highest BCUT2D eigenvalue weighted by molar-refractivity contribution is 7.48. The van der Waals surface area contributed by atoms with Crippen molar-refractivity contribution in [2.24, 2.45) is 10.8 Å². The maximum atomic E-state index is 15.4. The Labute approximate surface area is 214 Å². The third kappa shape index (κ3) is 8.73. The minimum absolute atomic E-state index is 0.00779. The monoisotopic (exact) mass is 550 g/mol. The van der Waals surface area contributed by atoms with Gasteiger partial charge in [0.2, 0.25) is 0 Å². The number of alkyl halides is 2. The normalized spacial score (nSPS) is 12.2. The van der Waals surface area contributed by atoms with Gasteiger partial charge >= 0.3 is 23.6 Å². The van der Waals surface area contributed by atoms with Gasteiger partial charge in [0.15, 0.2) is 13.6 Å². The number of benzene rings is 1. The molecule has 0 spiro atoms. The van der Waals surface area contributed by atoms with Crippen molar-refractivity contribution in [3.05, 3.63) is 34.7 Å². The Balaban J connectivity index is 0.00000316. The van der Waals surface area contributed by atoms with E-state index in [1.54, 1.807) is 41.5 Å². The van der Waals surface area contributed by atoms with E-state index in [0.717, 1.165) is 23.5 Å². The minimum Gasteiger partial charge on any atom is -0.477 e. The van der Waals surface area contributed by atoms with E-state index in [1.165, 1.54) is 12.1 Å². The second-order valence-electron chi connectivity index (χ2n) is 9.32. The summed E-state index contributed by atoms with van der Waals surface area (Å²) in [6.07, 6.45) is 0. The Morgan fingerprint density at radius 2 is 1.36 bits per heavy atom. The van der Waals surface area contributed by atoms with Gasteiger partial charge in [-0.2, -0.15) is 8.78 Å². The number of hydrogen-bond acceptors (Lipinski definition) is 8.